The molecular weight excluding hydrogens is 424 g/mol. The van der Waals surface area contributed by atoms with E-state index in [1.807, 2.05) is 0 Å². The molecule has 30 heavy (non-hydrogen) atoms. The molecule has 0 spiro atoms. The van der Waals surface area contributed by atoms with Gasteiger partial charge in [-0.2, -0.15) is 4.31 Å². The van der Waals surface area contributed by atoms with E-state index in [0.29, 0.717) is 0 Å². The number of carbonyl (C=O) groups excluding carboxylic acids is 1. The van der Waals surface area contributed by atoms with Gasteiger partial charge in [-0.05, 0) is 43.2 Å². The lowest BCUT2D eigenvalue weighted by molar-refractivity contribution is 0.102. The number of para-hydroxylation sites is 1. The molecule has 0 saturated heterocycles. The molecule has 162 valence electrons. The second kappa shape index (κ2) is 8.87. The van der Waals surface area contributed by atoms with Crippen LogP contribution in [-0.2, 0) is 19.9 Å². The molecule has 0 unspecified atom stereocenters. The quantitative estimate of drug-likeness (QED) is 0.728. The first kappa shape index (κ1) is 22.5. The topological polar surface area (TPSA) is 101 Å². The minimum Gasteiger partial charge on any atom is -0.321 e. The number of benzene rings is 2. The maximum atomic E-state index is 13.1. The van der Waals surface area contributed by atoms with Gasteiger partial charge in [-0.3, -0.25) is 4.79 Å². The normalized spacial score (nSPS) is 15.8. The predicted octanol–water partition coefficient (Wildman–Crippen LogP) is 3.30. The third-order valence-corrected chi connectivity index (χ3v) is 8.46. The molecular formula is C21H26N2O5S2. The van der Waals surface area contributed by atoms with Crippen molar-refractivity contribution < 1.29 is 21.6 Å². The zero-order chi connectivity index (χ0) is 21.9. The minimum absolute atomic E-state index is 0.000780. The maximum absolute atomic E-state index is 13.1. The lowest BCUT2D eigenvalue weighted by atomic mass is 9.96. The minimum atomic E-state index is -3.74. The van der Waals surface area contributed by atoms with Crippen molar-refractivity contribution in [2.75, 3.05) is 18.6 Å². The van der Waals surface area contributed by atoms with Crippen LogP contribution in [0, 0.1) is 0 Å². The Morgan fingerprint density at radius 3 is 2.30 bits per heavy atom. The van der Waals surface area contributed by atoms with E-state index in [1.165, 1.54) is 40.7 Å². The van der Waals surface area contributed by atoms with Crippen LogP contribution in [0.25, 0.3) is 0 Å². The Kier molecular flexibility index (Phi) is 6.64. The van der Waals surface area contributed by atoms with Gasteiger partial charge in [0.15, 0.2) is 9.84 Å². The lowest BCUT2D eigenvalue weighted by Gasteiger charge is -2.30. The van der Waals surface area contributed by atoms with Crippen LogP contribution in [0.5, 0.6) is 0 Å². The fraction of sp³-hybridized carbons (Fsp3) is 0.381. The molecule has 1 N–H and O–H groups in total. The zero-order valence-corrected chi connectivity index (χ0v) is 18.7. The number of sulfonamides is 1. The van der Waals surface area contributed by atoms with E-state index in [1.54, 1.807) is 19.2 Å². The second-order valence-corrected chi connectivity index (χ2v) is 11.5. The summed E-state index contributed by atoms with van der Waals surface area (Å²) in [5, 5.41) is 2.58. The first-order chi connectivity index (χ1) is 14.1. The van der Waals surface area contributed by atoms with Crippen LogP contribution in [0.3, 0.4) is 0 Å². The van der Waals surface area contributed by atoms with Gasteiger partial charge in [-0.25, -0.2) is 16.8 Å². The highest BCUT2D eigenvalue weighted by atomic mass is 32.2. The highest BCUT2D eigenvalue weighted by Gasteiger charge is 2.29. The highest BCUT2D eigenvalue weighted by molar-refractivity contribution is 7.91. The van der Waals surface area contributed by atoms with E-state index in [-0.39, 0.29) is 27.1 Å². The molecule has 0 bridgehead atoms. The Hall–Kier alpha value is -2.23. The highest BCUT2D eigenvalue weighted by Crippen LogP contribution is 2.27. The van der Waals surface area contributed by atoms with Crippen molar-refractivity contribution in [1.82, 2.24) is 4.31 Å². The molecule has 1 saturated carbocycles. The summed E-state index contributed by atoms with van der Waals surface area (Å²) in [6.45, 7) is 0. The molecule has 0 atom stereocenters. The summed E-state index contributed by atoms with van der Waals surface area (Å²) in [6, 6.07) is 11.9. The van der Waals surface area contributed by atoms with Gasteiger partial charge >= 0.3 is 0 Å². The Morgan fingerprint density at radius 2 is 1.63 bits per heavy atom. The molecule has 1 amide bonds. The first-order valence-electron chi connectivity index (χ1n) is 9.79. The van der Waals surface area contributed by atoms with Crippen molar-refractivity contribution >= 4 is 31.5 Å². The number of amides is 1. The van der Waals surface area contributed by atoms with Gasteiger partial charge in [-0.15, -0.1) is 0 Å². The molecule has 1 fully saturated rings. The fourth-order valence-corrected chi connectivity index (χ4v) is 6.00. The van der Waals surface area contributed by atoms with Gasteiger partial charge in [0.05, 0.1) is 15.5 Å². The molecule has 1 aliphatic rings. The van der Waals surface area contributed by atoms with Gasteiger partial charge in [-0.1, -0.05) is 37.5 Å². The number of sulfone groups is 1. The van der Waals surface area contributed by atoms with Crippen LogP contribution in [0.4, 0.5) is 5.69 Å². The average Bonchev–Trinajstić information content (AvgIpc) is 2.73. The molecule has 0 aromatic heterocycles. The molecule has 2 aromatic rings. The van der Waals surface area contributed by atoms with E-state index in [9.17, 15) is 21.6 Å². The summed E-state index contributed by atoms with van der Waals surface area (Å²) < 4.78 is 51.4. The summed E-state index contributed by atoms with van der Waals surface area (Å²) in [5.41, 5.74) is 0.286. The van der Waals surface area contributed by atoms with Crippen LogP contribution < -0.4 is 5.32 Å². The third-order valence-electron chi connectivity index (χ3n) is 5.40. The van der Waals surface area contributed by atoms with Crippen molar-refractivity contribution in [3.63, 3.8) is 0 Å². The van der Waals surface area contributed by atoms with E-state index < -0.39 is 25.8 Å². The third kappa shape index (κ3) is 4.91. The lowest BCUT2D eigenvalue weighted by Crippen LogP contribution is -2.38. The number of anilines is 1. The van der Waals surface area contributed by atoms with Crippen LogP contribution in [0.2, 0.25) is 0 Å². The van der Waals surface area contributed by atoms with Gasteiger partial charge in [0.2, 0.25) is 10.0 Å². The summed E-state index contributed by atoms with van der Waals surface area (Å²) >= 11 is 0. The van der Waals surface area contributed by atoms with Gasteiger partial charge in [0, 0.05) is 24.9 Å². The molecule has 0 heterocycles. The van der Waals surface area contributed by atoms with Crippen LogP contribution >= 0.6 is 0 Å². The van der Waals surface area contributed by atoms with Crippen LogP contribution in [0.15, 0.2) is 58.3 Å². The van der Waals surface area contributed by atoms with Crippen LogP contribution in [0.1, 0.15) is 42.5 Å². The molecule has 0 radical (unpaired) electrons. The van der Waals surface area contributed by atoms with E-state index in [2.05, 4.69) is 5.32 Å². The van der Waals surface area contributed by atoms with Gasteiger partial charge in [0.25, 0.3) is 5.91 Å². The Bertz CT molecular complexity index is 1140. The summed E-state index contributed by atoms with van der Waals surface area (Å²) in [7, 11) is -5.69. The first-order valence-corrected chi connectivity index (χ1v) is 13.1. The average molecular weight is 451 g/mol. The number of hydrogen-bond donors (Lipinski definition) is 1. The smallest absolute Gasteiger partial charge is 0.255 e. The largest absolute Gasteiger partial charge is 0.321 e. The molecule has 7 nitrogen and oxygen atoms in total. The van der Waals surface area contributed by atoms with E-state index >= 15 is 0 Å². The number of nitrogens with one attached hydrogen (secondary N) is 1. The van der Waals surface area contributed by atoms with Crippen molar-refractivity contribution in [2.45, 2.75) is 47.9 Å². The van der Waals surface area contributed by atoms with E-state index in [0.717, 1.165) is 38.4 Å². The maximum Gasteiger partial charge on any atom is 0.255 e. The van der Waals surface area contributed by atoms with Gasteiger partial charge in [0.1, 0.15) is 0 Å². The van der Waals surface area contributed by atoms with E-state index in [4.69, 9.17) is 0 Å². The van der Waals surface area contributed by atoms with Crippen molar-refractivity contribution in [2.24, 2.45) is 0 Å². The Morgan fingerprint density at radius 1 is 0.967 bits per heavy atom. The zero-order valence-electron chi connectivity index (χ0n) is 17.0. The number of hydrogen-bond acceptors (Lipinski definition) is 5. The molecule has 0 aliphatic heterocycles. The molecule has 2 aromatic carbocycles. The summed E-state index contributed by atoms with van der Waals surface area (Å²) in [5.74, 6) is -0.580. The Labute approximate surface area is 178 Å². The van der Waals surface area contributed by atoms with Crippen LogP contribution in [-0.4, -0.2) is 46.4 Å². The number of nitrogens with zero attached hydrogens (tertiary/aromatic N) is 1. The standard InChI is InChI=1S/C21H26N2O5S2/c1-23(17-10-4-3-5-11-17)30(27,28)18-12-8-9-16(15-18)21(24)22-19-13-6-7-14-20(19)29(2,25)26/h6-9,12-15,17H,3-5,10-11H2,1-2H3,(H,22,24). The number of carbonyl (C=O) groups is 1. The monoisotopic (exact) mass is 450 g/mol. The molecule has 3 rings (SSSR count). The van der Waals surface area contributed by atoms with Crippen molar-refractivity contribution in [1.29, 1.82) is 0 Å². The number of rotatable bonds is 6. The molecule has 1 aliphatic carbocycles. The second-order valence-electron chi connectivity index (χ2n) is 7.56. The summed E-state index contributed by atoms with van der Waals surface area (Å²) in [6.07, 6.45) is 5.86. The summed E-state index contributed by atoms with van der Waals surface area (Å²) in [4.78, 5) is 12.8. The predicted molar refractivity (Wildman–Crippen MR) is 116 cm³/mol. The SMILES string of the molecule is CN(C1CCCCC1)S(=O)(=O)c1cccc(C(=O)Nc2ccccc2S(C)(=O)=O)c1. The van der Waals surface area contributed by atoms with Crippen molar-refractivity contribution in [3.8, 4) is 0 Å². The van der Waals surface area contributed by atoms with Crippen molar-refractivity contribution in [3.05, 3.63) is 54.1 Å². The van der Waals surface area contributed by atoms with Gasteiger partial charge < -0.3 is 5.32 Å². The fourth-order valence-electron chi connectivity index (χ4n) is 3.69. The Balaban J connectivity index is 1.86. The molecule has 9 heteroatoms.